The lowest BCUT2D eigenvalue weighted by Crippen LogP contribution is -1.90. The lowest BCUT2D eigenvalue weighted by atomic mass is 10.0. The molecule has 1 saturated carbocycles. The van der Waals surface area contributed by atoms with Gasteiger partial charge in [0, 0.05) is 5.41 Å². The van der Waals surface area contributed by atoms with Gasteiger partial charge in [-0.2, -0.15) is 0 Å². The van der Waals surface area contributed by atoms with Crippen molar-refractivity contribution in [1.29, 1.82) is 0 Å². The monoisotopic (exact) mass is 106 g/mol. The Bertz CT molecular complexity index is 133. The summed E-state index contributed by atoms with van der Waals surface area (Å²) in [5.74, 6) is 0. The molecule has 0 aromatic heterocycles. The molecule has 0 radical (unpaired) electrons. The summed E-state index contributed by atoms with van der Waals surface area (Å²) in [6.07, 6.45) is 13.2. The second kappa shape index (κ2) is 1.25. The van der Waals surface area contributed by atoms with Crippen LogP contribution in [0.25, 0.3) is 0 Å². The van der Waals surface area contributed by atoms with E-state index in [0.29, 0.717) is 5.41 Å². The fourth-order valence-corrected chi connectivity index (χ4v) is 1.22. The van der Waals surface area contributed by atoms with E-state index in [1.807, 2.05) is 0 Å². The average molecular weight is 106 g/mol. The van der Waals surface area contributed by atoms with E-state index < -0.39 is 0 Å². The molecule has 0 aliphatic heterocycles. The normalized spacial score (nSPS) is 29.0. The fraction of sp³-hybridized carbons (Fsp3) is 0.500. The quantitative estimate of drug-likeness (QED) is 0.415. The highest BCUT2D eigenvalue weighted by molar-refractivity contribution is 5.24. The minimum Gasteiger partial charge on any atom is -0.0839 e. The lowest BCUT2D eigenvalue weighted by molar-refractivity contribution is 0.832. The van der Waals surface area contributed by atoms with Gasteiger partial charge in [-0.15, -0.1) is 0 Å². The zero-order valence-corrected chi connectivity index (χ0v) is 4.93. The Morgan fingerprint density at radius 3 is 2.00 bits per heavy atom. The van der Waals surface area contributed by atoms with E-state index in [0.717, 1.165) is 6.42 Å². The van der Waals surface area contributed by atoms with Crippen LogP contribution < -0.4 is 0 Å². The molecule has 0 heteroatoms. The third kappa shape index (κ3) is 0.525. The molecule has 0 nitrogen and oxygen atoms in total. The fourth-order valence-electron chi connectivity index (χ4n) is 1.22. The molecular formula is C8H10. The minimum absolute atomic E-state index is 0.568. The van der Waals surface area contributed by atoms with Crippen molar-refractivity contribution < 1.29 is 0 Å². The van der Waals surface area contributed by atoms with Crippen LogP contribution in [-0.4, -0.2) is 0 Å². The Hall–Kier alpha value is -0.520. The largest absolute Gasteiger partial charge is 0.0839 e. The highest BCUT2D eigenvalue weighted by atomic mass is 14.4. The van der Waals surface area contributed by atoms with Crippen molar-refractivity contribution >= 4 is 0 Å². The second-order valence-electron chi connectivity index (χ2n) is 2.77. The third-order valence-electron chi connectivity index (χ3n) is 2.00. The van der Waals surface area contributed by atoms with E-state index in [9.17, 15) is 0 Å². The Morgan fingerprint density at radius 2 is 1.62 bits per heavy atom. The second-order valence-corrected chi connectivity index (χ2v) is 2.77. The summed E-state index contributed by atoms with van der Waals surface area (Å²) in [5.41, 5.74) is 0.568. The molecule has 2 aliphatic rings. The summed E-state index contributed by atoms with van der Waals surface area (Å²) in [6, 6.07) is 0. The first kappa shape index (κ1) is 4.37. The van der Waals surface area contributed by atoms with Gasteiger partial charge in [0.25, 0.3) is 0 Å². The zero-order chi connectivity index (χ0) is 5.45. The van der Waals surface area contributed by atoms with Gasteiger partial charge in [-0.25, -0.2) is 0 Å². The number of allylic oxidation sites excluding steroid dienone is 4. The van der Waals surface area contributed by atoms with E-state index in [1.165, 1.54) is 12.8 Å². The molecule has 0 bridgehead atoms. The van der Waals surface area contributed by atoms with Gasteiger partial charge in [-0.1, -0.05) is 24.3 Å². The number of rotatable bonds is 0. The predicted molar refractivity (Wildman–Crippen MR) is 34.6 cm³/mol. The van der Waals surface area contributed by atoms with Crippen molar-refractivity contribution in [2.24, 2.45) is 5.41 Å². The highest BCUT2D eigenvalue weighted by Gasteiger charge is 2.37. The average Bonchev–Trinajstić information content (AvgIpc) is 2.52. The maximum Gasteiger partial charge on any atom is 0.00620 e. The molecule has 0 saturated heterocycles. The maximum absolute atomic E-state index is 2.35. The van der Waals surface area contributed by atoms with Crippen molar-refractivity contribution in [3.05, 3.63) is 24.3 Å². The molecule has 0 heterocycles. The van der Waals surface area contributed by atoms with Crippen molar-refractivity contribution in [3.63, 3.8) is 0 Å². The van der Waals surface area contributed by atoms with E-state index in [2.05, 4.69) is 24.3 Å². The van der Waals surface area contributed by atoms with E-state index in [1.54, 1.807) is 0 Å². The summed E-state index contributed by atoms with van der Waals surface area (Å²) in [7, 11) is 0. The van der Waals surface area contributed by atoms with Crippen molar-refractivity contribution in [1.82, 2.24) is 0 Å². The van der Waals surface area contributed by atoms with Crippen LogP contribution in [0.4, 0.5) is 0 Å². The first-order valence-electron chi connectivity index (χ1n) is 3.27. The molecule has 8 heavy (non-hydrogen) atoms. The van der Waals surface area contributed by atoms with E-state index in [4.69, 9.17) is 0 Å². The Morgan fingerprint density at radius 1 is 1.00 bits per heavy atom. The molecule has 42 valence electrons. The van der Waals surface area contributed by atoms with Crippen LogP contribution in [0.1, 0.15) is 19.3 Å². The number of hydrogen-bond acceptors (Lipinski definition) is 0. The molecule has 0 amide bonds. The first-order chi connectivity index (χ1) is 3.91. The SMILES string of the molecule is C1=CC2(C=CC1)CC2. The summed E-state index contributed by atoms with van der Waals surface area (Å²) in [5, 5.41) is 0. The molecule has 2 rings (SSSR count). The number of hydrogen-bond donors (Lipinski definition) is 0. The van der Waals surface area contributed by atoms with Gasteiger partial charge in [-0.05, 0) is 19.3 Å². The Labute approximate surface area is 49.9 Å². The van der Waals surface area contributed by atoms with Gasteiger partial charge in [0.05, 0.1) is 0 Å². The van der Waals surface area contributed by atoms with Gasteiger partial charge < -0.3 is 0 Å². The van der Waals surface area contributed by atoms with Crippen LogP contribution in [0.15, 0.2) is 24.3 Å². The molecule has 0 unspecified atom stereocenters. The molecule has 0 N–H and O–H groups in total. The molecule has 0 atom stereocenters. The van der Waals surface area contributed by atoms with Crippen LogP contribution >= 0.6 is 0 Å². The molecule has 0 aromatic carbocycles. The summed E-state index contributed by atoms with van der Waals surface area (Å²) in [6.45, 7) is 0. The van der Waals surface area contributed by atoms with E-state index >= 15 is 0 Å². The Kier molecular flexibility index (Phi) is 0.682. The maximum atomic E-state index is 2.35. The van der Waals surface area contributed by atoms with Crippen LogP contribution in [-0.2, 0) is 0 Å². The van der Waals surface area contributed by atoms with E-state index in [-0.39, 0.29) is 0 Å². The molecular weight excluding hydrogens is 96.1 g/mol. The van der Waals surface area contributed by atoms with Crippen LogP contribution in [0, 0.1) is 5.41 Å². The summed E-state index contributed by atoms with van der Waals surface area (Å²) < 4.78 is 0. The van der Waals surface area contributed by atoms with Crippen molar-refractivity contribution in [3.8, 4) is 0 Å². The van der Waals surface area contributed by atoms with Gasteiger partial charge in [0.2, 0.25) is 0 Å². The van der Waals surface area contributed by atoms with Crippen LogP contribution in [0.3, 0.4) is 0 Å². The summed E-state index contributed by atoms with van der Waals surface area (Å²) >= 11 is 0. The van der Waals surface area contributed by atoms with Crippen LogP contribution in [0.5, 0.6) is 0 Å². The highest BCUT2D eigenvalue weighted by Crippen LogP contribution is 2.49. The standard InChI is InChI=1S/C8H10/c1-2-4-8(5-3-1)6-7-8/h2-5H,1,6-7H2. The zero-order valence-electron chi connectivity index (χ0n) is 4.93. The first-order valence-corrected chi connectivity index (χ1v) is 3.27. The Balaban J connectivity index is 2.24. The molecule has 1 fully saturated rings. The minimum atomic E-state index is 0.568. The lowest BCUT2D eigenvalue weighted by Gasteiger charge is -2.04. The van der Waals surface area contributed by atoms with Crippen LogP contribution in [0.2, 0.25) is 0 Å². The topological polar surface area (TPSA) is 0 Å². The van der Waals surface area contributed by atoms with Crippen molar-refractivity contribution in [2.45, 2.75) is 19.3 Å². The third-order valence-corrected chi connectivity index (χ3v) is 2.00. The van der Waals surface area contributed by atoms with Gasteiger partial charge >= 0.3 is 0 Å². The smallest absolute Gasteiger partial charge is 0.00620 e. The molecule has 0 aromatic rings. The predicted octanol–water partition coefficient (Wildman–Crippen LogP) is 2.28. The van der Waals surface area contributed by atoms with Crippen molar-refractivity contribution in [2.75, 3.05) is 0 Å². The van der Waals surface area contributed by atoms with Gasteiger partial charge in [-0.3, -0.25) is 0 Å². The molecule has 1 spiro atoms. The van der Waals surface area contributed by atoms with Gasteiger partial charge in [0.1, 0.15) is 0 Å². The van der Waals surface area contributed by atoms with Gasteiger partial charge in [0.15, 0.2) is 0 Å². The summed E-state index contributed by atoms with van der Waals surface area (Å²) in [4.78, 5) is 0. The molecule has 2 aliphatic carbocycles.